The summed E-state index contributed by atoms with van der Waals surface area (Å²) in [5.74, 6) is 0.518. The number of quaternary nitrogens is 2. The molecule has 32 heavy (non-hydrogen) atoms. The molecule has 0 radical (unpaired) electrons. The van der Waals surface area contributed by atoms with Crippen LogP contribution >= 0.6 is 0 Å². The lowest BCUT2D eigenvalue weighted by Gasteiger charge is -2.40. The van der Waals surface area contributed by atoms with Gasteiger partial charge in [0.1, 0.15) is 12.4 Å². The van der Waals surface area contributed by atoms with Gasteiger partial charge in [-0.05, 0) is 32.2 Å². The van der Waals surface area contributed by atoms with Gasteiger partial charge in [0.15, 0.2) is 0 Å². The molecular formula is C23H45N7O2+2. The third kappa shape index (κ3) is 4.99. The second kappa shape index (κ2) is 10.2. The maximum absolute atomic E-state index is 11.5. The molecule has 9 heteroatoms. The summed E-state index contributed by atoms with van der Waals surface area (Å²) >= 11 is 0. The minimum Gasteiger partial charge on any atom is -0.369 e. The summed E-state index contributed by atoms with van der Waals surface area (Å²) < 4.78 is 0. The molecule has 0 aliphatic carbocycles. The van der Waals surface area contributed by atoms with Crippen LogP contribution in [-0.2, 0) is 9.63 Å². The van der Waals surface area contributed by atoms with Crippen LogP contribution in [0.1, 0.15) is 51.4 Å². The summed E-state index contributed by atoms with van der Waals surface area (Å²) in [6.45, 7) is 6.95. The Kier molecular flexibility index (Phi) is 7.33. The van der Waals surface area contributed by atoms with Crippen LogP contribution in [0.5, 0.6) is 0 Å². The second-order valence-electron chi connectivity index (χ2n) is 11.0. The topological polar surface area (TPSA) is 104 Å². The predicted molar refractivity (Wildman–Crippen MR) is 121 cm³/mol. The number of rotatable bonds is 5. The van der Waals surface area contributed by atoms with Crippen molar-refractivity contribution < 1.29 is 19.8 Å². The van der Waals surface area contributed by atoms with E-state index < -0.39 is 0 Å². The molecular weight excluding hydrogens is 406 g/mol. The van der Waals surface area contributed by atoms with Crippen molar-refractivity contribution >= 4 is 5.91 Å². The van der Waals surface area contributed by atoms with E-state index in [4.69, 9.17) is 10.6 Å². The van der Waals surface area contributed by atoms with Gasteiger partial charge >= 0.3 is 0 Å². The zero-order valence-corrected chi connectivity index (χ0v) is 19.8. The quantitative estimate of drug-likeness (QED) is 0.314. The smallest absolute Gasteiger partial charge is 0.220 e. The highest BCUT2D eigenvalue weighted by Crippen LogP contribution is 2.30. The van der Waals surface area contributed by atoms with Gasteiger partial charge in [0, 0.05) is 56.7 Å². The first-order chi connectivity index (χ1) is 15.6. The molecule has 0 bridgehead atoms. The lowest BCUT2D eigenvalue weighted by atomic mass is 9.90. The Morgan fingerprint density at radius 1 is 1.09 bits per heavy atom. The molecule has 5 rings (SSSR count). The number of nitrogens with zero attached hydrogens (tertiary/aromatic N) is 2. The van der Waals surface area contributed by atoms with E-state index in [1.807, 2.05) is 0 Å². The summed E-state index contributed by atoms with van der Waals surface area (Å²) in [5.41, 5.74) is 8.92. The van der Waals surface area contributed by atoms with Crippen LogP contribution in [0.4, 0.5) is 0 Å². The first-order valence-corrected chi connectivity index (χ1v) is 13.2. The molecule has 4 unspecified atom stereocenters. The fraction of sp³-hybridized carbons (Fsp3) is 0.957. The lowest BCUT2D eigenvalue weighted by molar-refractivity contribution is -0.885. The molecule has 9 nitrogen and oxygen atoms in total. The summed E-state index contributed by atoms with van der Waals surface area (Å²) in [5, 5.41) is 6.35. The van der Waals surface area contributed by atoms with E-state index in [-0.39, 0.29) is 24.2 Å². The molecule has 5 heterocycles. The predicted octanol–water partition coefficient (Wildman–Crippen LogP) is -2.60. The van der Waals surface area contributed by atoms with Crippen molar-refractivity contribution in [1.29, 1.82) is 0 Å². The number of nitrogens with one attached hydrogen (secondary N) is 3. The number of hydrogen-bond donors (Lipinski definition) is 5. The van der Waals surface area contributed by atoms with Gasteiger partial charge in [-0.15, -0.1) is 0 Å². The number of amides is 1. The Bertz CT molecular complexity index is 636. The summed E-state index contributed by atoms with van der Waals surface area (Å²) in [6.07, 6.45) is 10.2. The van der Waals surface area contributed by atoms with Gasteiger partial charge in [-0.2, -0.15) is 5.48 Å². The Morgan fingerprint density at radius 3 is 2.62 bits per heavy atom. The molecule has 7 N–H and O–H groups in total. The van der Waals surface area contributed by atoms with Gasteiger partial charge in [-0.1, -0.05) is 0 Å². The lowest BCUT2D eigenvalue weighted by Crippen LogP contribution is -3.10. The molecule has 5 saturated heterocycles. The van der Waals surface area contributed by atoms with E-state index >= 15 is 0 Å². The Balaban J connectivity index is 1.13. The van der Waals surface area contributed by atoms with Crippen molar-refractivity contribution in [2.45, 2.75) is 82.0 Å². The zero-order chi connectivity index (χ0) is 22.1. The molecule has 5 fully saturated rings. The van der Waals surface area contributed by atoms with Crippen LogP contribution < -0.4 is 26.7 Å². The average Bonchev–Trinajstić information content (AvgIpc) is 3.50. The van der Waals surface area contributed by atoms with Crippen molar-refractivity contribution in [2.24, 2.45) is 17.6 Å². The highest BCUT2D eigenvalue weighted by Gasteiger charge is 2.44. The van der Waals surface area contributed by atoms with Crippen LogP contribution in [0.25, 0.3) is 0 Å². The van der Waals surface area contributed by atoms with E-state index in [0.717, 1.165) is 44.9 Å². The number of piperidine rings is 3. The third-order valence-corrected chi connectivity index (χ3v) is 9.03. The fourth-order valence-corrected chi connectivity index (χ4v) is 6.98. The normalized spacial score (nSPS) is 43.0. The van der Waals surface area contributed by atoms with Crippen LogP contribution in [0, 0.1) is 11.8 Å². The highest BCUT2D eigenvalue weighted by molar-refractivity contribution is 5.76. The highest BCUT2D eigenvalue weighted by atomic mass is 16.7. The number of carbonyl (C=O) groups is 1. The first kappa shape index (κ1) is 23.0. The van der Waals surface area contributed by atoms with Gasteiger partial charge in [-0.25, -0.2) is 0 Å². The van der Waals surface area contributed by atoms with Gasteiger partial charge < -0.3 is 16.0 Å². The van der Waals surface area contributed by atoms with E-state index in [2.05, 4.69) is 33.0 Å². The molecule has 0 aromatic heterocycles. The molecule has 182 valence electrons. The summed E-state index contributed by atoms with van der Waals surface area (Å²) in [4.78, 5) is 24.7. The van der Waals surface area contributed by atoms with Gasteiger partial charge in [0.05, 0.1) is 38.9 Å². The van der Waals surface area contributed by atoms with Crippen LogP contribution in [0.3, 0.4) is 0 Å². The second-order valence-corrected chi connectivity index (χ2v) is 11.0. The number of primary amides is 1. The minimum atomic E-state index is -0.125. The van der Waals surface area contributed by atoms with E-state index in [0.29, 0.717) is 18.1 Å². The standard InChI is InChI=1S/C23H43N7O2/c1-28-11-7-18(8-12-28)30-10-2-3-19(30)23-26-22(27-32-23)17-4-9-25-20(15-17)29-13-5-16(6-14-29)21(24)31/h16-20,22-23,25-27H,2-15H2,1H3,(H2,24,31)/p+2/t17?,19-,20?,22?,23?/m0/s1. The van der Waals surface area contributed by atoms with Crippen molar-refractivity contribution in [1.82, 2.24) is 20.6 Å². The molecule has 0 saturated carbocycles. The number of likely N-dealkylation sites (tertiary alicyclic amines) is 3. The van der Waals surface area contributed by atoms with Crippen LogP contribution in [0.2, 0.25) is 0 Å². The monoisotopic (exact) mass is 451 g/mol. The van der Waals surface area contributed by atoms with Gasteiger partial charge in [0.2, 0.25) is 5.91 Å². The maximum Gasteiger partial charge on any atom is 0.220 e. The van der Waals surface area contributed by atoms with Gasteiger partial charge in [-0.3, -0.25) is 24.7 Å². The Labute approximate surface area is 192 Å². The van der Waals surface area contributed by atoms with Crippen molar-refractivity contribution in [2.75, 3.05) is 46.3 Å². The molecule has 0 aromatic carbocycles. The Morgan fingerprint density at radius 2 is 1.88 bits per heavy atom. The summed E-state index contributed by atoms with van der Waals surface area (Å²) in [6, 6.07) is 1.22. The molecule has 5 aliphatic rings. The zero-order valence-electron chi connectivity index (χ0n) is 19.8. The number of hydrogen-bond acceptors (Lipinski definition) is 6. The molecule has 0 spiro atoms. The Hall–Kier alpha value is -0.810. The first-order valence-electron chi connectivity index (χ1n) is 13.2. The van der Waals surface area contributed by atoms with Crippen LogP contribution in [0.15, 0.2) is 0 Å². The van der Waals surface area contributed by atoms with Gasteiger partial charge in [0.25, 0.3) is 0 Å². The van der Waals surface area contributed by atoms with E-state index in [1.165, 1.54) is 51.7 Å². The SMILES string of the molecule is C[NH+]1CCC(N2CCC[C@H]2C2NC(C3CC[NH2+]C(N4CCC(C(N)=O)CC4)C3)NO2)CC1. The number of hydroxylamine groups is 1. The molecule has 5 atom stereocenters. The van der Waals surface area contributed by atoms with Crippen molar-refractivity contribution in [3.8, 4) is 0 Å². The molecule has 5 aliphatic heterocycles. The molecule has 1 amide bonds. The van der Waals surface area contributed by atoms with Crippen molar-refractivity contribution in [3.05, 3.63) is 0 Å². The van der Waals surface area contributed by atoms with E-state index in [1.54, 1.807) is 4.90 Å². The minimum absolute atomic E-state index is 0.0679. The number of carbonyl (C=O) groups excluding carboxylic acids is 1. The van der Waals surface area contributed by atoms with Crippen molar-refractivity contribution in [3.63, 3.8) is 0 Å². The van der Waals surface area contributed by atoms with Crippen LogP contribution in [-0.4, -0.2) is 92.7 Å². The maximum atomic E-state index is 11.5. The number of nitrogens with two attached hydrogens (primary N) is 2. The molecule has 0 aromatic rings. The summed E-state index contributed by atoms with van der Waals surface area (Å²) in [7, 11) is 2.32. The average molecular weight is 452 g/mol. The largest absolute Gasteiger partial charge is 0.369 e. The fourth-order valence-electron chi connectivity index (χ4n) is 6.98. The third-order valence-electron chi connectivity index (χ3n) is 9.03. The van der Waals surface area contributed by atoms with E-state index in [9.17, 15) is 4.79 Å².